The SMILES string of the molecule is CN1CCC(C(COc2cccnc2)C(=O)O)C1. The van der Waals surface area contributed by atoms with E-state index >= 15 is 0 Å². The molecule has 0 radical (unpaired) electrons. The van der Waals surface area contributed by atoms with E-state index in [4.69, 9.17) is 4.74 Å². The fourth-order valence-corrected chi connectivity index (χ4v) is 2.33. The number of likely N-dealkylation sites (tertiary alicyclic amines) is 1. The van der Waals surface area contributed by atoms with Gasteiger partial charge in [0.25, 0.3) is 0 Å². The maximum absolute atomic E-state index is 11.3. The van der Waals surface area contributed by atoms with Gasteiger partial charge in [0.05, 0.1) is 12.1 Å². The zero-order valence-electron chi connectivity index (χ0n) is 10.5. The summed E-state index contributed by atoms with van der Waals surface area (Å²) in [5.41, 5.74) is 0. The molecule has 0 aliphatic carbocycles. The van der Waals surface area contributed by atoms with Gasteiger partial charge in [-0.15, -0.1) is 0 Å². The minimum atomic E-state index is -0.779. The first-order valence-corrected chi connectivity index (χ1v) is 6.11. The van der Waals surface area contributed by atoms with Crippen LogP contribution in [0.2, 0.25) is 0 Å². The van der Waals surface area contributed by atoms with E-state index in [0.29, 0.717) is 5.75 Å². The Morgan fingerprint density at radius 3 is 3.11 bits per heavy atom. The van der Waals surface area contributed by atoms with Gasteiger partial charge in [-0.2, -0.15) is 0 Å². The lowest BCUT2D eigenvalue weighted by Crippen LogP contribution is -2.31. The molecule has 1 aromatic heterocycles. The van der Waals surface area contributed by atoms with Gasteiger partial charge in [0.1, 0.15) is 12.4 Å². The average molecular weight is 250 g/mol. The lowest BCUT2D eigenvalue weighted by Gasteiger charge is -2.19. The number of aliphatic carboxylic acids is 1. The zero-order chi connectivity index (χ0) is 13.0. The number of ether oxygens (including phenoxy) is 1. The van der Waals surface area contributed by atoms with Crippen molar-refractivity contribution in [2.45, 2.75) is 6.42 Å². The van der Waals surface area contributed by atoms with Crippen LogP contribution in [-0.4, -0.2) is 47.7 Å². The summed E-state index contributed by atoms with van der Waals surface area (Å²) in [7, 11) is 2.01. The summed E-state index contributed by atoms with van der Waals surface area (Å²) >= 11 is 0. The molecule has 1 aromatic rings. The molecule has 0 aromatic carbocycles. The highest BCUT2D eigenvalue weighted by Gasteiger charge is 2.33. The number of carboxylic acids is 1. The second-order valence-electron chi connectivity index (χ2n) is 4.76. The summed E-state index contributed by atoms with van der Waals surface area (Å²) in [5.74, 6) is -0.436. The van der Waals surface area contributed by atoms with Crippen LogP contribution in [0.15, 0.2) is 24.5 Å². The van der Waals surface area contributed by atoms with E-state index in [1.54, 1.807) is 24.5 Å². The van der Waals surface area contributed by atoms with Crippen LogP contribution in [0.3, 0.4) is 0 Å². The van der Waals surface area contributed by atoms with Crippen molar-refractivity contribution in [3.05, 3.63) is 24.5 Å². The predicted molar refractivity (Wildman–Crippen MR) is 66.5 cm³/mol. The van der Waals surface area contributed by atoms with Crippen LogP contribution in [0.5, 0.6) is 5.75 Å². The van der Waals surface area contributed by atoms with E-state index in [2.05, 4.69) is 9.88 Å². The van der Waals surface area contributed by atoms with Crippen molar-refractivity contribution >= 4 is 5.97 Å². The van der Waals surface area contributed by atoms with E-state index in [0.717, 1.165) is 19.5 Å². The Labute approximate surface area is 106 Å². The third kappa shape index (κ3) is 3.20. The number of hydrogen-bond acceptors (Lipinski definition) is 4. The molecule has 5 heteroatoms. The van der Waals surface area contributed by atoms with Crippen molar-refractivity contribution < 1.29 is 14.6 Å². The van der Waals surface area contributed by atoms with Crippen LogP contribution in [0, 0.1) is 11.8 Å². The normalized spacial score (nSPS) is 21.7. The molecule has 2 rings (SSSR count). The number of carbonyl (C=O) groups is 1. The molecule has 1 saturated heterocycles. The first kappa shape index (κ1) is 12.8. The summed E-state index contributed by atoms with van der Waals surface area (Å²) in [4.78, 5) is 17.4. The Morgan fingerprint density at radius 2 is 2.56 bits per heavy atom. The van der Waals surface area contributed by atoms with Gasteiger partial charge < -0.3 is 14.7 Å². The number of hydrogen-bond donors (Lipinski definition) is 1. The zero-order valence-corrected chi connectivity index (χ0v) is 10.5. The minimum absolute atomic E-state index is 0.171. The molecule has 0 spiro atoms. The average Bonchev–Trinajstić information content (AvgIpc) is 2.77. The molecule has 1 aliphatic rings. The van der Waals surface area contributed by atoms with Crippen molar-refractivity contribution in [3.63, 3.8) is 0 Å². The lowest BCUT2D eigenvalue weighted by atomic mass is 9.92. The van der Waals surface area contributed by atoms with Crippen molar-refractivity contribution in [2.24, 2.45) is 11.8 Å². The second-order valence-corrected chi connectivity index (χ2v) is 4.76. The standard InChI is InChI=1S/C13H18N2O3/c1-15-6-4-10(8-15)12(13(16)17)9-18-11-3-2-5-14-7-11/h2-3,5,7,10,12H,4,6,8-9H2,1H3,(H,16,17). The van der Waals surface area contributed by atoms with Crippen LogP contribution in [0.25, 0.3) is 0 Å². The van der Waals surface area contributed by atoms with E-state index < -0.39 is 11.9 Å². The second kappa shape index (κ2) is 5.82. The van der Waals surface area contributed by atoms with Crippen LogP contribution in [0.1, 0.15) is 6.42 Å². The number of carboxylic acid groups (broad SMARTS) is 1. The van der Waals surface area contributed by atoms with Gasteiger partial charge in [0.2, 0.25) is 0 Å². The molecule has 18 heavy (non-hydrogen) atoms. The van der Waals surface area contributed by atoms with Crippen molar-refractivity contribution in [1.82, 2.24) is 9.88 Å². The van der Waals surface area contributed by atoms with E-state index in [-0.39, 0.29) is 12.5 Å². The van der Waals surface area contributed by atoms with Crippen molar-refractivity contribution in [2.75, 3.05) is 26.7 Å². The summed E-state index contributed by atoms with van der Waals surface area (Å²) in [6.45, 7) is 1.99. The van der Waals surface area contributed by atoms with E-state index in [1.165, 1.54) is 0 Å². The van der Waals surface area contributed by atoms with Crippen LogP contribution in [0.4, 0.5) is 0 Å². The summed E-state index contributed by atoms with van der Waals surface area (Å²) < 4.78 is 5.52. The highest BCUT2D eigenvalue weighted by Crippen LogP contribution is 2.24. The first-order chi connectivity index (χ1) is 8.66. The molecule has 5 nitrogen and oxygen atoms in total. The fourth-order valence-electron chi connectivity index (χ4n) is 2.33. The Morgan fingerprint density at radius 1 is 1.72 bits per heavy atom. The monoisotopic (exact) mass is 250 g/mol. The highest BCUT2D eigenvalue weighted by atomic mass is 16.5. The molecular weight excluding hydrogens is 232 g/mol. The van der Waals surface area contributed by atoms with Gasteiger partial charge in [0.15, 0.2) is 0 Å². The van der Waals surface area contributed by atoms with Gasteiger partial charge in [-0.3, -0.25) is 9.78 Å². The number of pyridine rings is 1. The van der Waals surface area contributed by atoms with E-state index in [1.807, 2.05) is 7.05 Å². The molecule has 2 unspecified atom stereocenters. The summed E-state index contributed by atoms with van der Waals surface area (Å²) in [6.07, 6.45) is 4.18. The van der Waals surface area contributed by atoms with Crippen LogP contribution >= 0.6 is 0 Å². The van der Waals surface area contributed by atoms with Gasteiger partial charge in [-0.1, -0.05) is 0 Å². The predicted octanol–water partition coefficient (Wildman–Crippen LogP) is 1.11. The quantitative estimate of drug-likeness (QED) is 0.848. The third-order valence-electron chi connectivity index (χ3n) is 3.38. The molecule has 0 saturated carbocycles. The van der Waals surface area contributed by atoms with Crippen LogP contribution < -0.4 is 4.74 Å². The maximum atomic E-state index is 11.3. The molecule has 1 aliphatic heterocycles. The summed E-state index contributed by atoms with van der Waals surface area (Å²) in [5, 5.41) is 9.28. The number of aromatic nitrogens is 1. The Kier molecular flexibility index (Phi) is 4.15. The maximum Gasteiger partial charge on any atom is 0.310 e. The number of nitrogens with zero attached hydrogens (tertiary/aromatic N) is 2. The van der Waals surface area contributed by atoms with Gasteiger partial charge in [-0.05, 0) is 38.1 Å². The molecule has 1 N–H and O–H groups in total. The van der Waals surface area contributed by atoms with Crippen molar-refractivity contribution in [1.29, 1.82) is 0 Å². The minimum Gasteiger partial charge on any atom is -0.491 e. The molecule has 2 atom stereocenters. The summed E-state index contributed by atoms with van der Waals surface area (Å²) in [6, 6.07) is 3.56. The lowest BCUT2D eigenvalue weighted by molar-refractivity contribution is -0.144. The first-order valence-electron chi connectivity index (χ1n) is 6.11. The topological polar surface area (TPSA) is 62.7 Å². The highest BCUT2D eigenvalue weighted by molar-refractivity contribution is 5.70. The molecule has 98 valence electrons. The molecule has 2 heterocycles. The fraction of sp³-hybridized carbons (Fsp3) is 0.538. The molecule has 1 fully saturated rings. The Bertz CT molecular complexity index is 396. The molecule has 0 bridgehead atoms. The molecular formula is C13H18N2O3. The van der Waals surface area contributed by atoms with Gasteiger partial charge >= 0.3 is 5.97 Å². The third-order valence-corrected chi connectivity index (χ3v) is 3.38. The van der Waals surface area contributed by atoms with Gasteiger partial charge in [-0.25, -0.2) is 0 Å². The molecule has 0 amide bonds. The van der Waals surface area contributed by atoms with Gasteiger partial charge in [0, 0.05) is 12.7 Å². The van der Waals surface area contributed by atoms with Crippen molar-refractivity contribution in [3.8, 4) is 5.75 Å². The number of rotatable bonds is 5. The van der Waals surface area contributed by atoms with Crippen LogP contribution in [-0.2, 0) is 4.79 Å². The largest absolute Gasteiger partial charge is 0.491 e. The Hall–Kier alpha value is -1.62. The smallest absolute Gasteiger partial charge is 0.310 e. The van der Waals surface area contributed by atoms with E-state index in [9.17, 15) is 9.90 Å². The Balaban J connectivity index is 1.93.